The van der Waals surface area contributed by atoms with Crippen molar-refractivity contribution in [3.8, 4) is 0 Å². The minimum atomic E-state index is -0.825. The third-order valence-corrected chi connectivity index (χ3v) is 5.17. The monoisotopic (exact) mass is 393 g/mol. The largest absolute Gasteiger partial charge is 0.375 e. The van der Waals surface area contributed by atoms with Crippen LogP contribution >= 0.6 is 0 Å². The smallest absolute Gasteiger partial charge is 0.262 e. The Morgan fingerprint density at radius 2 is 1.52 bits per heavy atom. The van der Waals surface area contributed by atoms with Crippen LogP contribution in [0.15, 0.2) is 54.6 Å². The maximum atomic E-state index is 12.9. The molecule has 3 amide bonds. The summed E-state index contributed by atoms with van der Waals surface area (Å²) in [6.07, 6.45) is 0.754. The zero-order chi connectivity index (χ0) is 21.0. The predicted octanol–water partition coefficient (Wildman–Crippen LogP) is 2.95. The lowest BCUT2D eigenvalue weighted by molar-refractivity contribution is -0.126. The van der Waals surface area contributed by atoms with E-state index in [9.17, 15) is 14.4 Å². The number of para-hydroxylation sites is 1. The van der Waals surface area contributed by atoms with E-state index in [0.29, 0.717) is 17.7 Å². The summed E-state index contributed by atoms with van der Waals surface area (Å²) in [7, 11) is 2.01. The first-order chi connectivity index (χ1) is 13.9. The van der Waals surface area contributed by atoms with Crippen molar-refractivity contribution in [3.05, 3.63) is 65.7 Å². The van der Waals surface area contributed by atoms with E-state index in [1.54, 1.807) is 24.3 Å². The minimum absolute atomic E-state index is 0.191. The van der Waals surface area contributed by atoms with E-state index >= 15 is 0 Å². The summed E-state index contributed by atoms with van der Waals surface area (Å²) >= 11 is 0. The third-order valence-electron chi connectivity index (χ3n) is 5.17. The van der Waals surface area contributed by atoms with Crippen LogP contribution in [0.3, 0.4) is 0 Å². The van der Waals surface area contributed by atoms with E-state index in [-0.39, 0.29) is 11.8 Å². The molecule has 0 aliphatic carbocycles. The van der Waals surface area contributed by atoms with Crippen LogP contribution in [0.4, 0.5) is 5.69 Å². The van der Waals surface area contributed by atoms with Crippen molar-refractivity contribution in [1.29, 1.82) is 0 Å². The predicted molar refractivity (Wildman–Crippen MR) is 113 cm³/mol. The second-order valence-electron chi connectivity index (χ2n) is 7.62. The fraction of sp³-hybridized carbons (Fsp3) is 0.348. The molecule has 1 unspecified atom stereocenters. The summed E-state index contributed by atoms with van der Waals surface area (Å²) in [5.41, 5.74) is 1.84. The van der Waals surface area contributed by atoms with Gasteiger partial charge in [-0.25, -0.2) is 0 Å². The molecule has 0 fully saturated rings. The standard InChI is InChI=1S/C23H27N3O3/c1-16(2)20(26-22(28)18-12-7-8-13-19(18)23(26)29)21(27)24-14-9-15-25(3)17-10-5-4-6-11-17/h4-8,10-13,16,20H,9,14-15H2,1-3H3,(H,24,27). The van der Waals surface area contributed by atoms with E-state index < -0.39 is 17.9 Å². The van der Waals surface area contributed by atoms with Gasteiger partial charge in [-0.15, -0.1) is 0 Å². The Bertz CT molecular complexity index is 860. The summed E-state index contributed by atoms with van der Waals surface area (Å²) in [5.74, 6) is -1.28. The van der Waals surface area contributed by atoms with Crippen LogP contribution in [0.5, 0.6) is 0 Å². The van der Waals surface area contributed by atoms with Gasteiger partial charge in [0.1, 0.15) is 6.04 Å². The summed E-state index contributed by atoms with van der Waals surface area (Å²) in [6.45, 7) is 4.94. The quantitative estimate of drug-likeness (QED) is 0.553. The van der Waals surface area contributed by atoms with Gasteiger partial charge in [-0.2, -0.15) is 0 Å². The maximum Gasteiger partial charge on any atom is 0.262 e. The molecule has 2 aromatic carbocycles. The average molecular weight is 393 g/mol. The van der Waals surface area contributed by atoms with Gasteiger partial charge in [0.05, 0.1) is 11.1 Å². The van der Waals surface area contributed by atoms with Gasteiger partial charge in [-0.1, -0.05) is 44.2 Å². The number of rotatable bonds is 8. The van der Waals surface area contributed by atoms with Crippen molar-refractivity contribution in [2.75, 3.05) is 25.0 Å². The molecule has 0 saturated carbocycles. The topological polar surface area (TPSA) is 69.7 Å². The molecule has 1 N–H and O–H groups in total. The molecule has 6 nitrogen and oxygen atoms in total. The van der Waals surface area contributed by atoms with Crippen molar-refractivity contribution in [1.82, 2.24) is 10.2 Å². The number of amides is 3. The molecule has 0 spiro atoms. The molecule has 1 aliphatic rings. The Morgan fingerprint density at radius 3 is 2.07 bits per heavy atom. The van der Waals surface area contributed by atoms with E-state index in [2.05, 4.69) is 10.2 Å². The van der Waals surface area contributed by atoms with E-state index in [1.807, 2.05) is 51.2 Å². The lowest BCUT2D eigenvalue weighted by Crippen LogP contribution is -2.52. The fourth-order valence-corrected chi connectivity index (χ4v) is 3.62. The summed E-state index contributed by atoms with van der Waals surface area (Å²) < 4.78 is 0. The van der Waals surface area contributed by atoms with Crippen molar-refractivity contribution in [2.45, 2.75) is 26.3 Å². The summed E-state index contributed by atoms with van der Waals surface area (Å²) in [5, 5.41) is 2.90. The number of nitrogens with one attached hydrogen (secondary N) is 1. The number of carbonyl (C=O) groups excluding carboxylic acids is 3. The maximum absolute atomic E-state index is 12.9. The highest BCUT2D eigenvalue weighted by atomic mass is 16.2. The van der Waals surface area contributed by atoms with Crippen LogP contribution in [0.2, 0.25) is 0 Å². The lowest BCUT2D eigenvalue weighted by atomic mass is 10.0. The van der Waals surface area contributed by atoms with Crippen molar-refractivity contribution in [2.24, 2.45) is 5.92 Å². The number of hydrogen-bond acceptors (Lipinski definition) is 4. The average Bonchev–Trinajstić information content (AvgIpc) is 2.97. The van der Waals surface area contributed by atoms with Gasteiger partial charge in [0.15, 0.2) is 0 Å². The van der Waals surface area contributed by atoms with Gasteiger partial charge in [-0.3, -0.25) is 19.3 Å². The van der Waals surface area contributed by atoms with E-state index in [4.69, 9.17) is 0 Å². The lowest BCUT2D eigenvalue weighted by Gasteiger charge is -2.28. The van der Waals surface area contributed by atoms with Crippen molar-refractivity contribution in [3.63, 3.8) is 0 Å². The van der Waals surface area contributed by atoms with Crippen LogP contribution in [0.1, 0.15) is 41.0 Å². The number of benzene rings is 2. The molecule has 0 saturated heterocycles. The Kier molecular flexibility index (Phi) is 6.32. The molecular weight excluding hydrogens is 366 g/mol. The van der Waals surface area contributed by atoms with Gasteiger partial charge in [0.25, 0.3) is 11.8 Å². The number of nitrogens with zero attached hydrogens (tertiary/aromatic N) is 2. The Balaban J connectivity index is 1.59. The van der Waals surface area contributed by atoms with Gasteiger partial charge in [0, 0.05) is 25.8 Å². The Morgan fingerprint density at radius 1 is 0.966 bits per heavy atom. The van der Waals surface area contributed by atoms with Crippen LogP contribution < -0.4 is 10.2 Å². The molecule has 1 aliphatic heterocycles. The van der Waals surface area contributed by atoms with E-state index in [1.165, 1.54) is 0 Å². The van der Waals surface area contributed by atoms with Crippen molar-refractivity contribution < 1.29 is 14.4 Å². The molecule has 2 aromatic rings. The molecule has 1 heterocycles. The molecule has 0 bridgehead atoms. The number of hydrogen-bond donors (Lipinski definition) is 1. The normalized spacial score (nSPS) is 14.1. The van der Waals surface area contributed by atoms with Crippen LogP contribution in [-0.4, -0.2) is 48.8 Å². The van der Waals surface area contributed by atoms with Gasteiger partial charge >= 0.3 is 0 Å². The summed E-state index contributed by atoms with van der Waals surface area (Å²) in [6, 6.07) is 15.9. The number of imide groups is 1. The number of anilines is 1. The minimum Gasteiger partial charge on any atom is -0.375 e. The fourth-order valence-electron chi connectivity index (χ4n) is 3.62. The zero-order valence-corrected chi connectivity index (χ0v) is 17.1. The molecule has 152 valence electrons. The van der Waals surface area contributed by atoms with Gasteiger partial charge in [-0.05, 0) is 36.6 Å². The Labute approximate surface area is 171 Å². The van der Waals surface area contributed by atoms with Crippen LogP contribution in [-0.2, 0) is 4.79 Å². The molecule has 3 rings (SSSR count). The van der Waals surface area contributed by atoms with Gasteiger partial charge in [0.2, 0.25) is 5.91 Å². The molecule has 6 heteroatoms. The van der Waals surface area contributed by atoms with Crippen LogP contribution in [0.25, 0.3) is 0 Å². The second kappa shape index (κ2) is 8.90. The van der Waals surface area contributed by atoms with Crippen LogP contribution in [0, 0.1) is 5.92 Å². The molecule has 29 heavy (non-hydrogen) atoms. The van der Waals surface area contributed by atoms with Crippen molar-refractivity contribution >= 4 is 23.4 Å². The number of fused-ring (bicyclic) bond motifs is 1. The molecule has 0 radical (unpaired) electrons. The first-order valence-electron chi connectivity index (χ1n) is 9.92. The third kappa shape index (κ3) is 4.31. The highest BCUT2D eigenvalue weighted by Crippen LogP contribution is 2.27. The van der Waals surface area contributed by atoms with Gasteiger partial charge < -0.3 is 10.2 Å². The second-order valence-corrected chi connectivity index (χ2v) is 7.62. The molecule has 0 aromatic heterocycles. The Hall–Kier alpha value is -3.15. The first kappa shape index (κ1) is 20.6. The highest BCUT2D eigenvalue weighted by Gasteiger charge is 2.43. The molecular formula is C23H27N3O3. The van der Waals surface area contributed by atoms with E-state index in [0.717, 1.165) is 23.6 Å². The summed E-state index contributed by atoms with van der Waals surface area (Å²) in [4.78, 5) is 41.6. The SMILES string of the molecule is CC(C)C(C(=O)NCCCN(C)c1ccccc1)N1C(=O)c2ccccc2C1=O. The first-order valence-corrected chi connectivity index (χ1v) is 9.92. The number of carbonyl (C=O) groups is 3. The highest BCUT2D eigenvalue weighted by molar-refractivity contribution is 6.22. The molecule has 1 atom stereocenters. The zero-order valence-electron chi connectivity index (χ0n) is 17.1.